The minimum atomic E-state index is -0.135. The molecule has 3 aliphatic rings. The first kappa shape index (κ1) is 31.6. The quantitative estimate of drug-likeness (QED) is 0.224. The molecule has 0 spiro atoms. The minimum absolute atomic E-state index is 0.0675. The number of aryl methyl sites for hydroxylation is 3. The van der Waals surface area contributed by atoms with Crippen LogP contribution in [0.4, 0.5) is 22.9 Å². The van der Waals surface area contributed by atoms with E-state index in [1.54, 1.807) is 23.0 Å². The topological polar surface area (TPSA) is 91.7 Å². The highest BCUT2D eigenvalue weighted by Crippen LogP contribution is 2.33. The number of amides is 1. The zero-order valence-corrected chi connectivity index (χ0v) is 28.2. The van der Waals surface area contributed by atoms with E-state index in [-0.39, 0.29) is 11.5 Å². The summed E-state index contributed by atoms with van der Waals surface area (Å²) in [4.78, 5) is 38.3. The van der Waals surface area contributed by atoms with Crippen LogP contribution in [0.3, 0.4) is 0 Å². The lowest BCUT2D eigenvalue weighted by Crippen LogP contribution is -2.49. The lowest BCUT2D eigenvalue weighted by Gasteiger charge is -2.40. The molecule has 0 radical (unpaired) electrons. The number of hydrogen-bond donors (Lipinski definition) is 2. The standard InChI is InChI=1S/C37H44N6O3S/c1-25-30(8-6-9-31(25)40-36(44)34-22-26-7-4-3-5-10-33(26)47-34)27-21-32(37(45)41(2)24-27)39-35-12-11-29(23-38-35)42-15-13-28(14-16-42)43-17-19-46-20-18-43/h6,8-9,11-12,21-24,28H,3-5,7,10,13-20H2,1-2H3,(H,38,39)(H,40,44). The summed E-state index contributed by atoms with van der Waals surface area (Å²) < 4.78 is 7.12. The van der Waals surface area contributed by atoms with Gasteiger partial charge in [-0.2, -0.15) is 0 Å². The number of piperidine rings is 1. The molecule has 4 aromatic rings. The highest BCUT2D eigenvalue weighted by atomic mass is 32.1. The van der Waals surface area contributed by atoms with Crippen LogP contribution in [0.2, 0.25) is 0 Å². The number of fused-ring (bicyclic) bond motifs is 1. The molecule has 0 unspecified atom stereocenters. The summed E-state index contributed by atoms with van der Waals surface area (Å²) >= 11 is 1.63. The molecule has 0 atom stereocenters. The maximum absolute atomic E-state index is 13.3. The van der Waals surface area contributed by atoms with E-state index in [0.29, 0.717) is 17.5 Å². The van der Waals surface area contributed by atoms with Gasteiger partial charge in [-0.3, -0.25) is 14.5 Å². The predicted molar refractivity (Wildman–Crippen MR) is 191 cm³/mol. The lowest BCUT2D eigenvalue weighted by atomic mass is 10.00. The third kappa shape index (κ3) is 7.00. The number of benzene rings is 1. The summed E-state index contributed by atoms with van der Waals surface area (Å²) in [5.41, 5.74) is 6.30. The molecular formula is C37H44N6O3S. The van der Waals surface area contributed by atoms with E-state index in [4.69, 9.17) is 4.74 Å². The van der Waals surface area contributed by atoms with Crippen LogP contribution in [0.5, 0.6) is 0 Å². The van der Waals surface area contributed by atoms with E-state index in [2.05, 4.69) is 37.6 Å². The summed E-state index contributed by atoms with van der Waals surface area (Å²) in [6.45, 7) is 7.77. The first-order valence-corrected chi connectivity index (χ1v) is 17.8. The molecule has 1 aromatic carbocycles. The molecule has 2 N–H and O–H groups in total. The second kappa shape index (κ2) is 14.0. The highest BCUT2D eigenvalue weighted by Gasteiger charge is 2.26. The number of hydrogen-bond acceptors (Lipinski definition) is 8. The van der Waals surface area contributed by atoms with Crippen LogP contribution in [0.1, 0.15) is 57.8 Å². The zero-order chi connectivity index (χ0) is 32.3. The number of carbonyl (C=O) groups is 1. The van der Waals surface area contributed by atoms with E-state index in [9.17, 15) is 9.59 Å². The largest absolute Gasteiger partial charge is 0.379 e. The highest BCUT2D eigenvalue weighted by molar-refractivity contribution is 7.14. The molecule has 2 fully saturated rings. The fourth-order valence-corrected chi connectivity index (χ4v) is 8.36. The van der Waals surface area contributed by atoms with Crippen molar-refractivity contribution in [2.24, 2.45) is 7.05 Å². The normalized spacial score (nSPS) is 17.6. The van der Waals surface area contributed by atoms with Gasteiger partial charge in [-0.1, -0.05) is 18.6 Å². The van der Waals surface area contributed by atoms with E-state index >= 15 is 0 Å². The second-order valence-corrected chi connectivity index (χ2v) is 14.1. The molecule has 0 bridgehead atoms. The Balaban J connectivity index is 1.04. The van der Waals surface area contributed by atoms with Crippen LogP contribution in [-0.2, 0) is 24.6 Å². The molecule has 2 aliphatic heterocycles. The lowest BCUT2D eigenvalue weighted by molar-refractivity contribution is 0.0115. The van der Waals surface area contributed by atoms with Crippen LogP contribution >= 0.6 is 11.3 Å². The Labute approximate surface area is 280 Å². The summed E-state index contributed by atoms with van der Waals surface area (Å²) in [6.07, 6.45) is 11.8. The second-order valence-electron chi connectivity index (χ2n) is 13.0. The van der Waals surface area contributed by atoms with Crippen molar-refractivity contribution in [2.75, 3.05) is 54.9 Å². The van der Waals surface area contributed by atoms with Gasteiger partial charge >= 0.3 is 0 Å². The average molecular weight is 653 g/mol. The number of nitrogens with zero attached hydrogens (tertiary/aromatic N) is 4. The van der Waals surface area contributed by atoms with Crippen LogP contribution in [0.25, 0.3) is 11.1 Å². The Kier molecular flexibility index (Phi) is 9.42. The average Bonchev–Trinajstić information content (AvgIpc) is 3.38. The van der Waals surface area contributed by atoms with Crippen molar-refractivity contribution < 1.29 is 9.53 Å². The van der Waals surface area contributed by atoms with Gasteiger partial charge in [0.15, 0.2) is 0 Å². The smallest absolute Gasteiger partial charge is 0.274 e. The summed E-state index contributed by atoms with van der Waals surface area (Å²) in [5, 5.41) is 6.43. The SMILES string of the molecule is Cc1c(NC(=O)c2cc3c(s2)CCCCC3)cccc1-c1cc(Nc2ccc(N3CCC(N4CCOCC4)CC3)cn2)c(=O)n(C)c1. The summed E-state index contributed by atoms with van der Waals surface area (Å²) in [7, 11) is 1.76. The third-order valence-corrected chi connectivity index (χ3v) is 11.2. The molecule has 47 heavy (non-hydrogen) atoms. The van der Waals surface area contributed by atoms with Gasteiger partial charge in [0.2, 0.25) is 0 Å². The fourth-order valence-electron chi connectivity index (χ4n) is 7.21. The molecule has 1 aliphatic carbocycles. The Hall–Kier alpha value is -3.99. The van der Waals surface area contributed by atoms with Gasteiger partial charge in [0, 0.05) is 61.6 Å². The van der Waals surface area contributed by atoms with Crippen molar-refractivity contribution in [2.45, 2.75) is 57.9 Å². The van der Waals surface area contributed by atoms with E-state index in [1.165, 1.54) is 29.7 Å². The molecule has 2 saturated heterocycles. The fraction of sp³-hybridized carbons (Fsp3) is 0.432. The van der Waals surface area contributed by atoms with Crippen molar-refractivity contribution in [3.63, 3.8) is 0 Å². The number of nitrogens with one attached hydrogen (secondary N) is 2. The molecule has 5 heterocycles. The van der Waals surface area contributed by atoms with Crippen LogP contribution in [-0.4, -0.2) is 65.8 Å². The van der Waals surface area contributed by atoms with Crippen LogP contribution < -0.4 is 21.1 Å². The number of thiophene rings is 1. The molecular weight excluding hydrogens is 609 g/mol. The first-order chi connectivity index (χ1) is 22.9. The number of pyridine rings is 2. The summed E-state index contributed by atoms with van der Waals surface area (Å²) in [6, 6.07) is 14.5. The van der Waals surface area contributed by atoms with Crippen molar-refractivity contribution in [1.82, 2.24) is 14.5 Å². The minimum Gasteiger partial charge on any atom is -0.379 e. The van der Waals surface area contributed by atoms with Gasteiger partial charge in [-0.15, -0.1) is 11.3 Å². The molecule has 3 aromatic heterocycles. The number of morpholine rings is 1. The summed E-state index contributed by atoms with van der Waals surface area (Å²) in [5.74, 6) is 0.556. The van der Waals surface area contributed by atoms with Crippen molar-refractivity contribution in [3.8, 4) is 11.1 Å². The van der Waals surface area contributed by atoms with Gasteiger partial charge in [0.1, 0.15) is 11.5 Å². The number of anilines is 4. The Bertz CT molecular complexity index is 1760. The van der Waals surface area contributed by atoms with Gasteiger partial charge in [-0.25, -0.2) is 4.98 Å². The Morgan fingerprint density at radius 2 is 1.79 bits per heavy atom. The number of ether oxygens (including phenoxy) is 1. The van der Waals surface area contributed by atoms with Crippen molar-refractivity contribution in [1.29, 1.82) is 0 Å². The number of carbonyl (C=O) groups excluding carboxylic acids is 1. The molecule has 7 rings (SSSR count). The van der Waals surface area contributed by atoms with E-state index in [0.717, 1.165) is 98.0 Å². The molecule has 246 valence electrons. The number of aromatic nitrogens is 2. The van der Waals surface area contributed by atoms with E-state index < -0.39 is 0 Å². The van der Waals surface area contributed by atoms with Gasteiger partial charge in [0.05, 0.1) is 30.0 Å². The Morgan fingerprint density at radius 1 is 0.979 bits per heavy atom. The maximum Gasteiger partial charge on any atom is 0.274 e. The van der Waals surface area contributed by atoms with Gasteiger partial charge in [-0.05, 0) is 92.5 Å². The van der Waals surface area contributed by atoms with Gasteiger partial charge in [0.25, 0.3) is 11.5 Å². The van der Waals surface area contributed by atoms with Crippen LogP contribution in [0.15, 0.2) is 59.7 Å². The van der Waals surface area contributed by atoms with Crippen molar-refractivity contribution >= 4 is 40.1 Å². The number of rotatable bonds is 7. The monoisotopic (exact) mass is 652 g/mol. The molecule has 1 amide bonds. The zero-order valence-electron chi connectivity index (χ0n) is 27.4. The molecule has 10 heteroatoms. The maximum atomic E-state index is 13.3. The predicted octanol–water partition coefficient (Wildman–Crippen LogP) is 6.38. The van der Waals surface area contributed by atoms with E-state index in [1.807, 2.05) is 49.6 Å². The molecule has 9 nitrogen and oxygen atoms in total. The first-order valence-electron chi connectivity index (χ1n) is 17.0. The van der Waals surface area contributed by atoms with Crippen LogP contribution in [0, 0.1) is 6.92 Å². The van der Waals surface area contributed by atoms with Gasteiger partial charge < -0.3 is 24.8 Å². The molecule has 0 saturated carbocycles. The van der Waals surface area contributed by atoms with Crippen molar-refractivity contribution in [3.05, 3.63) is 86.1 Å². The Morgan fingerprint density at radius 3 is 2.57 bits per heavy atom. The third-order valence-electron chi connectivity index (χ3n) is 9.95.